The molecule has 0 aliphatic heterocycles. The summed E-state index contributed by atoms with van der Waals surface area (Å²) in [4.78, 5) is 0. The highest BCUT2D eigenvalue weighted by atomic mass is 16.3. The Morgan fingerprint density at radius 2 is 1.82 bits per heavy atom. The molecule has 0 spiro atoms. The molecular weight excluding hydrogens is 140 g/mol. The van der Waals surface area contributed by atoms with Crippen LogP contribution in [0.4, 0.5) is 0 Å². The maximum atomic E-state index is 8.88. The van der Waals surface area contributed by atoms with Gasteiger partial charge in [0, 0.05) is 25.7 Å². The minimum Gasteiger partial charge on any atom is -0.392 e. The molecule has 0 saturated heterocycles. The van der Waals surface area contributed by atoms with Gasteiger partial charge in [-0.25, -0.2) is 0 Å². The molecule has 0 aromatic carbocycles. The van der Waals surface area contributed by atoms with Gasteiger partial charge in [-0.1, -0.05) is 13.8 Å². The number of hydrogen-bond donors (Lipinski definition) is 3. The molecule has 0 aromatic heterocycles. The largest absolute Gasteiger partial charge is 0.392 e. The number of nitrogens with one attached hydrogen (secondary N) is 2. The van der Waals surface area contributed by atoms with Crippen LogP contribution in [-0.2, 0) is 0 Å². The molecule has 0 aliphatic rings. The highest BCUT2D eigenvalue weighted by molar-refractivity contribution is 4.57. The Hall–Kier alpha value is -0.120. The van der Waals surface area contributed by atoms with Gasteiger partial charge in [-0.15, -0.1) is 0 Å². The van der Waals surface area contributed by atoms with Gasteiger partial charge >= 0.3 is 0 Å². The molecule has 0 saturated carbocycles. The van der Waals surface area contributed by atoms with Crippen LogP contribution in [0.3, 0.4) is 0 Å². The molecule has 1 atom stereocenters. The second-order valence-corrected chi connectivity index (χ2v) is 3.16. The first-order chi connectivity index (χ1) is 5.13. The molecular formula is C8H20N2O. The Kier molecular flexibility index (Phi) is 6.51. The fourth-order valence-electron chi connectivity index (χ4n) is 0.760. The Morgan fingerprint density at radius 1 is 1.18 bits per heavy atom. The predicted octanol–water partition coefficient (Wildman–Crippen LogP) is -0.0452. The fraction of sp³-hybridized carbons (Fsp3) is 1.00. The maximum Gasteiger partial charge on any atom is 0.0636 e. The molecule has 0 bridgehead atoms. The average molecular weight is 160 g/mol. The molecule has 11 heavy (non-hydrogen) atoms. The average Bonchev–Trinajstić information content (AvgIpc) is 1.85. The van der Waals surface area contributed by atoms with E-state index < -0.39 is 0 Å². The zero-order valence-corrected chi connectivity index (χ0v) is 7.72. The smallest absolute Gasteiger partial charge is 0.0636 e. The zero-order valence-electron chi connectivity index (χ0n) is 7.72. The summed E-state index contributed by atoms with van der Waals surface area (Å²) in [6, 6.07) is 0.545. The zero-order chi connectivity index (χ0) is 8.69. The fourth-order valence-corrected chi connectivity index (χ4v) is 0.760. The van der Waals surface area contributed by atoms with Crippen molar-refractivity contribution in [1.29, 1.82) is 0 Å². The Labute approximate surface area is 69.2 Å². The van der Waals surface area contributed by atoms with Crippen LogP contribution in [0, 0.1) is 0 Å². The third-order valence-corrected chi connectivity index (χ3v) is 1.29. The molecule has 68 valence electrons. The highest BCUT2D eigenvalue weighted by Gasteiger charge is 1.94. The van der Waals surface area contributed by atoms with Crippen LogP contribution in [-0.4, -0.2) is 36.9 Å². The summed E-state index contributed by atoms with van der Waals surface area (Å²) in [7, 11) is 0. The van der Waals surface area contributed by atoms with Crippen LogP contribution in [0.2, 0.25) is 0 Å². The SMILES string of the molecule is CC(C)NCCNC[C@H](C)O. The third-order valence-electron chi connectivity index (χ3n) is 1.29. The lowest BCUT2D eigenvalue weighted by molar-refractivity contribution is 0.191. The maximum absolute atomic E-state index is 8.88. The summed E-state index contributed by atoms with van der Waals surface area (Å²) in [6.07, 6.45) is -0.242. The molecule has 3 N–H and O–H groups in total. The van der Waals surface area contributed by atoms with Crippen LogP contribution in [0.5, 0.6) is 0 Å². The van der Waals surface area contributed by atoms with E-state index in [0.29, 0.717) is 12.6 Å². The lowest BCUT2D eigenvalue weighted by atomic mass is 10.4. The van der Waals surface area contributed by atoms with E-state index >= 15 is 0 Å². The number of hydrogen-bond acceptors (Lipinski definition) is 3. The van der Waals surface area contributed by atoms with Gasteiger partial charge in [-0.05, 0) is 6.92 Å². The molecule has 0 radical (unpaired) electrons. The monoisotopic (exact) mass is 160 g/mol. The van der Waals surface area contributed by atoms with Gasteiger partial charge < -0.3 is 15.7 Å². The normalized spacial score (nSPS) is 13.9. The molecule has 0 rings (SSSR count). The van der Waals surface area contributed by atoms with E-state index in [0.717, 1.165) is 13.1 Å². The van der Waals surface area contributed by atoms with E-state index in [2.05, 4.69) is 24.5 Å². The minimum atomic E-state index is -0.242. The first-order valence-electron chi connectivity index (χ1n) is 4.25. The van der Waals surface area contributed by atoms with Gasteiger partial charge in [0.15, 0.2) is 0 Å². The first kappa shape index (κ1) is 10.9. The summed E-state index contributed by atoms with van der Waals surface area (Å²) in [5, 5.41) is 15.3. The summed E-state index contributed by atoms with van der Waals surface area (Å²) < 4.78 is 0. The molecule has 0 aliphatic carbocycles. The highest BCUT2D eigenvalue weighted by Crippen LogP contribution is 1.75. The summed E-state index contributed by atoms with van der Waals surface area (Å²) in [6.45, 7) is 8.58. The van der Waals surface area contributed by atoms with Crippen molar-refractivity contribution in [1.82, 2.24) is 10.6 Å². The molecule has 0 fully saturated rings. The van der Waals surface area contributed by atoms with E-state index in [1.165, 1.54) is 0 Å². The van der Waals surface area contributed by atoms with Crippen molar-refractivity contribution >= 4 is 0 Å². The Morgan fingerprint density at radius 3 is 2.27 bits per heavy atom. The Bertz CT molecular complexity index is 74.2. The molecule has 0 unspecified atom stereocenters. The van der Waals surface area contributed by atoms with Crippen molar-refractivity contribution in [2.75, 3.05) is 19.6 Å². The van der Waals surface area contributed by atoms with Gasteiger partial charge in [-0.3, -0.25) is 0 Å². The molecule has 0 heterocycles. The van der Waals surface area contributed by atoms with E-state index in [1.54, 1.807) is 6.92 Å². The van der Waals surface area contributed by atoms with Crippen molar-refractivity contribution in [2.45, 2.75) is 32.9 Å². The van der Waals surface area contributed by atoms with E-state index in [4.69, 9.17) is 5.11 Å². The van der Waals surface area contributed by atoms with Crippen molar-refractivity contribution in [2.24, 2.45) is 0 Å². The molecule has 3 nitrogen and oxygen atoms in total. The van der Waals surface area contributed by atoms with Gasteiger partial charge in [-0.2, -0.15) is 0 Å². The van der Waals surface area contributed by atoms with Crippen LogP contribution in [0.25, 0.3) is 0 Å². The van der Waals surface area contributed by atoms with E-state index in [1.807, 2.05) is 0 Å². The van der Waals surface area contributed by atoms with Crippen LogP contribution < -0.4 is 10.6 Å². The standard InChI is InChI=1S/C8H20N2O/c1-7(2)10-5-4-9-6-8(3)11/h7-11H,4-6H2,1-3H3/t8-/m0/s1. The second kappa shape index (κ2) is 6.58. The van der Waals surface area contributed by atoms with Crippen molar-refractivity contribution in [3.8, 4) is 0 Å². The summed E-state index contributed by atoms with van der Waals surface area (Å²) in [5.74, 6) is 0. The topological polar surface area (TPSA) is 44.3 Å². The second-order valence-electron chi connectivity index (χ2n) is 3.16. The van der Waals surface area contributed by atoms with Crippen molar-refractivity contribution < 1.29 is 5.11 Å². The molecule has 0 amide bonds. The lowest BCUT2D eigenvalue weighted by Gasteiger charge is -2.09. The van der Waals surface area contributed by atoms with E-state index in [9.17, 15) is 0 Å². The summed E-state index contributed by atoms with van der Waals surface area (Å²) >= 11 is 0. The van der Waals surface area contributed by atoms with Crippen LogP contribution in [0.1, 0.15) is 20.8 Å². The number of aliphatic hydroxyl groups excluding tert-OH is 1. The quantitative estimate of drug-likeness (QED) is 0.478. The minimum absolute atomic E-state index is 0.242. The van der Waals surface area contributed by atoms with E-state index in [-0.39, 0.29) is 6.10 Å². The molecule has 0 aromatic rings. The Balaban J connectivity index is 2.91. The lowest BCUT2D eigenvalue weighted by Crippen LogP contribution is -2.34. The third kappa shape index (κ3) is 9.88. The van der Waals surface area contributed by atoms with Crippen LogP contribution in [0.15, 0.2) is 0 Å². The van der Waals surface area contributed by atoms with Crippen LogP contribution >= 0.6 is 0 Å². The number of rotatable bonds is 6. The van der Waals surface area contributed by atoms with Gasteiger partial charge in [0.05, 0.1) is 6.10 Å². The number of aliphatic hydroxyl groups is 1. The van der Waals surface area contributed by atoms with Crippen molar-refractivity contribution in [3.63, 3.8) is 0 Å². The van der Waals surface area contributed by atoms with Gasteiger partial charge in [0.2, 0.25) is 0 Å². The predicted molar refractivity (Wildman–Crippen MR) is 47.7 cm³/mol. The molecule has 3 heteroatoms. The first-order valence-corrected chi connectivity index (χ1v) is 4.25. The van der Waals surface area contributed by atoms with Crippen molar-refractivity contribution in [3.05, 3.63) is 0 Å². The van der Waals surface area contributed by atoms with Gasteiger partial charge in [0.25, 0.3) is 0 Å². The summed E-state index contributed by atoms with van der Waals surface area (Å²) in [5.41, 5.74) is 0. The van der Waals surface area contributed by atoms with Gasteiger partial charge in [0.1, 0.15) is 0 Å².